The number of fused-ring (bicyclic) bond motifs is 1. The molecule has 13 nitrogen and oxygen atoms in total. The summed E-state index contributed by atoms with van der Waals surface area (Å²) in [6, 6.07) is -2.69. The molecule has 0 bridgehead atoms. The van der Waals surface area contributed by atoms with Crippen molar-refractivity contribution in [2.75, 3.05) is 13.2 Å². The fourth-order valence-corrected chi connectivity index (χ4v) is 4.45. The van der Waals surface area contributed by atoms with Crippen LogP contribution < -0.4 is 5.32 Å². The molecule has 2 amide bonds. The number of nitrogens with zero attached hydrogens (tertiary/aromatic N) is 4. The fraction of sp³-hybridized carbons (Fsp3) is 0.636. The van der Waals surface area contributed by atoms with Gasteiger partial charge in [0.15, 0.2) is 6.04 Å². The summed E-state index contributed by atoms with van der Waals surface area (Å²) in [4.78, 5) is 51.0. The van der Waals surface area contributed by atoms with E-state index in [4.69, 9.17) is 19.3 Å². The summed E-state index contributed by atoms with van der Waals surface area (Å²) in [7, 11) is 0. The lowest BCUT2D eigenvalue weighted by atomic mass is 9.82. The van der Waals surface area contributed by atoms with Gasteiger partial charge < -0.3 is 29.5 Å². The average Bonchev–Trinajstić information content (AvgIpc) is 3.25. The molecule has 0 aliphatic carbocycles. The lowest BCUT2D eigenvalue weighted by Crippen LogP contribution is -2.78. The van der Waals surface area contributed by atoms with Crippen LogP contribution in [0.1, 0.15) is 39.8 Å². The molecule has 36 heavy (non-hydrogen) atoms. The molecule has 4 atom stereocenters. The van der Waals surface area contributed by atoms with Gasteiger partial charge in [-0.1, -0.05) is 11.3 Å². The van der Waals surface area contributed by atoms with E-state index in [-0.39, 0.29) is 19.8 Å². The molecule has 1 unspecified atom stereocenters. The van der Waals surface area contributed by atoms with E-state index in [0.29, 0.717) is 24.2 Å². The molecule has 2 aliphatic rings. The molecular weight excluding hydrogens is 494 g/mol. The highest BCUT2D eigenvalue weighted by Crippen LogP contribution is 2.37. The molecule has 1 fully saturated rings. The van der Waals surface area contributed by atoms with Gasteiger partial charge in [0, 0.05) is 25.1 Å². The van der Waals surface area contributed by atoms with Gasteiger partial charge in [-0.3, -0.25) is 14.3 Å². The number of hydrogen-bond acceptors (Lipinski definition) is 11. The Labute approximate surface area is 213 Å². The highest BCUT2D eigenvalue weighted by Gasteiger charge is 2.58. The fourth-order valence-electron chi connectivity index (χ4n) is 3.94. The van der Waals surface area contributed by atoms with Crippen molar-refractivity contribution < 1.29 is 38.5 Å². The first-order valence-corrected chi connectivity index (χ1v) is 11.9. The Kier molecular flexibility index (Phi) is 8.61. The zero-order valence-corrected chi connectivity index (χ0v) is 21.4. The van der Waals surface area contributed by atoms with Gasteiger partial charge in [-0.15, -0.1) is 5.10 Å². The number of nitrogens with one attached hydrogen (secondary N) is 1. The SMILES string of the molecule is CC(=O)OCC1=CC(S)[C@H]2[C@@H](NC(=O)OC(C)(C)C)C(=O)N2[C@H]1C(=O)OCCCn1cc(CO)nn1. The van der Waals surface area contributed by atoms with Crippen molar-refractivity contribution in [1.82, 2.24) is 25.2 Å². The lowest BCUT2D eigenvalue weighted by molar-refractivity contribution is -0.167. The van der Waals surface area contributed by atoms with Crippen molar-refractivity contribution in [2.45, 2.75) is 76.2 Å². The second-order valence-corrected chi connectivity index (χ2v) is 10.0. The van der Waals surface area contributed by atoms with Crippen LogP contribution in [0.3, 0.4) is 0 Å². The van der Waals surface area contributed by atoms with Crippen LogP contribution in [0, 0.1) is 0 Å². The van der Waals surface area contributed by atoms with E-state index < -0.39 is 52.9 Å². The number of ether oxygens (including phenoxy) is 3. The minimum absolute atomic E-state index is 0.0289. The molecular formula is C22H31N5O8S. The maximum atomic E-state index is 13.1. The van der Waals surface area contributed by atoms with Crippen LogP contribution in [0.15, 0.2) is 17.8 Å². The number of rotatable bonds is 9. The Morgan fingerprint density at radius 2 is 1.97 bits per heavy atom. The standard InChI is InChI=1S/C22H31N5O8S/c1-12(29)34-11-13-8-15(36)18-16(23-21(32)35-22(2,3)4)19(30)27(18)17(13)20(31)33-7-5-6-26-9-14(10-28)24-25-26/h8-9,15-18,28,36H,5-7,10-11H2,1-4H3,(H,23,32)/t15?,16-,17-,18+/m1/s1. The zero-order chi connectivity index (χ0) is 26.6. The second-order valence-electron chi connectivity index (χ2n) is 9.43. The van der Waals surface area contributed by atoms with Crippen molar-refractivity contribution in [2.24, 2.45) is 0 Å². The van der Waals surface area contributed by atoms with Crippen LogP contribution in [0.4, 0.5) is 4.79 Å². The Balaban J connectivity index is 1.68. The zero-order valence-electron chi connectivity index (χ0n) is 20.5. The van der Waals surface area contributed by atoms with E-state index in [0.717, 1.165) is 0 Å². The summed E-state index contributed by atoms with van der Waals surface area (Å²) >= 11 is 4.54. The summed E-state index contributed by atoms with van der Waals surface area (Å²) in [6.45, 7) is 6.33. The molecule has 0 aromatic carbocycles. The number of esters is 2. The molecule has 2 N–H and O–H groups in total. The first-order chi connectivity index (χ1) is 16.9. The topological polar surface area (TPSA) is 162 Å². The Morgan fingerprint density at radius 1 is 1.25 bits per heavy atom. The van der Waals surface area contributed by atoms with Crippen molar-refractivity contribution in [3.05, 3.63) is 23.5 Å². The number of carbonyl (C=O) groups is 4. The van der Waals surface area contributed by atoms with E-state index in [9.17, 15) is 19.2 Å². The molecule has 1 saturated heterocycles. The highest BCUT2D eigenvalue weighted by atomic mass is 32.1. The second kappa shape index (κ2) is 11.3. The monoisotopic (exact) mass is 525 g/mol. The Morgan fingerprint density at radius 3 is 2.58 bits per heavy atom. The van der Waals surface area contributed by atoms with E-state index >= 15 is 0 Å². The number of β-lactam (4-membered cyclic amide) rings is 1. The molecule has 1 aromatic heterocycles. The van der Waals surface area contributed by atoms with Crippen LogP contribution in [0.2, 0.25) is 0 Å². The summed E-state index contributed by atoms with van der Waals surface area (Å²) in [5.74, 6) is -1.74. The third-order valence-electron chi connectivity index (χ3n) is 5.41. The number of aromatic nitrogens is 3. The van der Waals surface area contributed by atoms with E-state index in [1.807, 2.05) is 0 Å². The molecule has 0 saturated carbocycles. The molecule has 0 spiro atoms. The summed E-state index contributed by atoms with van der Waals surface area (Å²) < 4.78 is 17.3. The van der Waals surface area contributed by atoms with Crippen molar-refractivity contribution in [3.8, 4) is 0 Å². The number of thiol groups is 1. The van der Waals surface area contributed by atoms with Gasteiger partial charge in [0.25, 0.3) is 0 Å². The van der Waals surface area contributed by atoms with Gasteiger partial charge in [-0.05, 0) is 26.3 Å². The Hall–Kier alpha value is -3.13. The van der Waals surface area contributed by atoms with Gasteiger partial charge in [0.1, 0.15) is 23.9 Å². The average molecular weight is 526 g/mol. The molecule has 3 rings (SSSR count). The van der Waals surface area contributed by atoms with Crippen LogP contribution in [-0.2, 0) is 41.7 Å². The third-order valence-corrected chi connectivity index (χ3v) is 5.86. The number of amides is 2. The predicted molar refractivity (Wildman–Crippen MR) is 127 cm³/mol. The number of aryl methyl sites for hydroxylation is 1. The van der Waals surface area contributed by atoms with Crippen molar-refractivity contribution in [3.63, 3.8) is 0 Å². The largest absolute Gasteiger partial charge is 0.464 e. The smallest absolute Gasteiger partial charge is 0.408 e. The van der Waals surface area contributed by atoms with Crippen LogP contribution in [-0.4, -0.2) is 91.1 Å². The normalized spacial score (nSPS) is 23.2. The van der Waals surface area contributed by atoms with Crippen molar-refractivity contribution >= 4 is 36.6 Å². The maximum Gasteiger partial charge on any atom is 0.408 e. The quantitative estimate of drug-likeness (QED) is 0.0997. The van der Waals surface area contributed by atoms with Crippen molar-refractivity contribution in [1.29, 1.82) is 0 Å². The summed E-state index contributed by atoms with van der Waals surface area (Å²) in [5, 5.41) is 18.7. The minimum Gasteiger partial charge on any atom is -0.464 e. The molecule has 198 valence electrons. The van der Waals surface area contributed by atoms with Gasteiger partial charge in [-0.25, -0.2) is 9.59 Å². The first kappa shape index (κ1) is 27.5. The van der Waals surface area contributed by atoms with E-state index in [1.54, 1.807) is 33.0 Å². The third kappa shape index (κ3) is 6.55. The lowest BCUT2D eigenvalue weighted by Gasteiger charge is -2.54. The maximum absolute atomic E-state index is 13.1. The minimum atomic E-state index is -1.13. The number of alkyl carbamates (subject to hydrolysis) is 1. The molecule has 14 heteroatoms. The predicted octanol–water partition coefficient (Wildman–Crippen LogP) is -0.0221. The van der Waals surface area contributed by atoms with Crippen LogP contribution in [0.5, 0.6) is 0 Å². The first-order valence-electron chi connectivity index (χ1n) is 11.4. The van der Waals surface area contributed by atoms with Crippen LogP contribution >= 0.6 is 12.6 Å². The van der Waals surface area contributed by atoms with Crippen LogP contribution in [0.25, 0.3) is 0 Å². The van der Waals surface area contributed by atoms with Gasteiger partial charge >= 0.3 is 18.0 Å². The molecule has 3 heterocycles. The number of hydrogen-bond donors (Lipinski definition) is 3. The number of aliphatic hydroxyl groups is 1. The molecule has 0 radical (unpaired) electrons. The van der Waals surface area contributed by atoms with E-state index in [1.165, 1.54) is 16.5 Å². The van der Waals surface area contributed by atoms with Gasteiger partial charge in [0.05, 0.1) is 25.5 Å². The number of aliphatic hydroxyl groups excluding tert-OH is 1. The molecule has 1 aromatic rings. The van der Waals surface area contributed by atoms with Gasteiger partial charge in [-0.2, -0.15) is 12.6 Å². The van der Waals surface area contributed by atoms with Gasteiger partial charge in [0.2, 0.25) is 5.91 Å². The number of carbonyl (C=O) groups excluding carboxylic acids is 4. The van der Waals surface area contributed by atoms with E-state index in [2.05, 4.69) is 28.3 Å². The summed E-state index contributed by atoms with van der Waals surface area (Å²) in [5.41, 5.74) is 0.0331. The Bertz CT molecular complexity index is 1040. The highest BCUT2D eigenvalue weighted by molar-refractivity contribution is 7.81. The molecule has 2 aliphatic heterocycles. The summed E-state index contributed by atoms with van der Waals surface area (Å²) in [6.07, 6.45) is 2.87.